The van der Waals surface area contributed by atoms with E-state index in [1.54, 1.807) is 6.20 Å². The van der Waals surface area contributed by atoms with Gasteiger partial charge in [0.25, 0.3) is 0 Å². The molecule has 5 heteroatoms. The number of hydrogen-bond donors (Lipinski definition) is 3. The van der Waals surface area contributed by atoms with Gasteiger partial charge in [-0.25, -0.2) is 4.98 Å². The smallest absolute Gasteiger partial charge is 0.123 e. The van der Waals surface area contributed by atoms with Crippen LogP contribution in [0.2, 0.25) is 0 Å². The van der Waals surface area contributed by atoms with Crippen LogP contribution in [0, 0.1) is 6.92 Å². The molecule has 0 bridgehead atoms. The lowest BCUT2D eigenvalue weighted by atomic mass is 10.2. The SMILES string of the molecule is CCC(NCc1cn[nH]c1C)c1ncc[nH]1. The van der Waals surface area contributed by atoms with Crippen molar-refractivity contribution in [3.05, 3.63) is 35.7 Å². The van der Waals surface area contributed by atoms with Crippen LogP contribution in [0.4, 0.5) is 0 Å². The first-order valence-corrected chi connectivity index (χ1v) is 5.52. The van der Waals surface area contributed by atoms with Crippen LogP contribution in [0.15, 0.2) is 18.6 Å². The van der Waals surface area contributed by atoms with Crippen molar-refractivity contribution in [3.8, 4) is 0 Å². The number of aromatic amines is 2. The van der Waals surface area contributed by atoms with Crippen LogP contribution in [0.5, 0.6) is 0 Å². The zero-order valence-corrected chi connectivity index (χ0v) is 9.62. The molecule has 0 saturated heterocycles. The summed E-state index contributed by atoms with van der Waals surface area (Å²) in [6.07, 6.45) is 6.49. The van der Waals surface area contributed by atoms with Crippen molar-refractivity contribution in [2.45, 2.75) is 32.9 Å². The number of aromatic nitrogens is 4. The zero-order chi connectivity index (χ0) is 11.4. The van der Waals surface area contributed by atoms with E-state index in [4.69, 9.17) is 0 Å². The van der Waals surface area contributed by atoms with Crippen molar-refractivity contribution in [2.24, 2.45) is 0 Å². The fourth-order valence-corrected chi connectivity index (χ4v) is 1.69. The minimum absolute atomic E-state index is 0.268. The average molecular weight is 219 g/mol. The summed E-state index contributed by atoms with van der Waals surface area (Å²) in [4.78, 5) is 7.40. The molecule has 2 heterocycles. The number of nitrogens with one attached hydrogen (secondary N) is 3. The van der Waals surface area contributed by atoms with Crippen LogP contribution in [0.3, 0.4) is 0 Å². The first kappa shape index (κ1) is 10.9. The Balaban J connectivity index is 1.96. The maximum absolute atomic E-state index is 4.27. The molecule has 16 heavy (non-hydrogen) atoms. The molecule has 2 aromatic heterocycles. The predicted molar refractivity (Wildman–Crippen MR) is 61.8 cm³/mol. The molecule has 0 fully saturated rings. The fraction of sp³-hybridized carbons (Fsp3) is 0.455. The molecule has 5 nitrogen and oxygen atoms in total. The molecule has 0 aromatic carbocycles. The summed E-state index contributed by atoms with van der Waals surface area (Å²) >= 11 is 0. The zero-order valence-electron chi connectivity index (χ0n) is 9.62. The number of nitrogens with zero attached hydrogens (tertiary/aromatic N) is 2. The van der Waals surface area contributed by atoms with Crippen LogP contribution in [-0.4, -0.2) is 20.2 Å². The highest BCUT2D eigenvalue weighted by atomic mass is 15.1. The molecular formula is C11H17N5. The fourth-order valence-electron chi connectivity index (χ4n) is 1.69. The van der Waals surface area contributed by atoms with Gasteiger partial charge in [-0.15, -0.1) is 0 Å². The summed E-state index contributed by atoms with van der Waals surface area (Å²) in [6.45, 7) is 4.97. The van der Waals surface area contributed by atoms with E-state index < -0.39 is 0 Å². The van der Waals surface area contributed by atoms with Gasteiger partial charge in [-0.1, -0.05) is 6.92 Å². The molecule has 2 aromatic rings. The lowest BCUT2D eigenvalue weighted by molar-refractivity contribution is 0.497. The average Bonchev–Trinajstić information content (AvgIpc) is 2.92. The van der Waals surface area contributed by atoms with Gasteiger partial charge in [0.2, 0.25) is 0 Å². The van der Waals surface area contributed by atoms with E-state index >= 15 is 0 Å². The minimum atomic E-state index is 0.268. The Labute approximate surface area is 94.7 Å². The van der Waals surface area contributed by atoms with Gasteiger partial charge >= 0.3 is 0 Å². The van der Waals surface area contributed by atoms with Gasteiger partial charge in [0, 0.05) is 30.2 Å². The Kier molecular flexibility index (Phi) is 3.36. The second-order valence-corrected chi connectivity index (χ2v) is 3.84. The minimum Gasteiger partial charge on any atom is -0.347 e. The van der Waals surface area contributed by atoms with Crippen molar-refractivity contribution in [1.29, 1.82) is 0 Å². The monoisotopic (exact) mass is 219 g/mol. The van der Waals surface area contributed by atoms with Crippen molar-refractivity contribution in [1.82, 2.24) is 25.5 Å². The van der Waals surface area contributed by atoms with Crippen molar-refractivity contribution in [2.75, 3.05) is 0 Å². The van der Waals surface area contributed by atoms with Crippen molar-refractivity contribution in [3.63, 3.8) is 0 Å². The number of hydrogen-bond acceptors (Lipinski definition) is 3. The third-order valence-electron chi connectivity index (χ3n) is 2.73. The topological polar surface area (TPSA) is 69.4 Å². The Hall–Kier alpha value is -1.62. The van der Waals surface area contributed by atoms with Gasteiger partial charge in [0.05, 0.1) is 12.2 Å². The third-order valence-corrected chi connectivity index (χ3v) is 2.73. The van der Waals surface area contributed by atoms with Crippen molar-refractivity contribution >= 4 is 0 Å². The van der Waals surface area contributed by atoms with Gasteiger partial charge < -0.3 is 10.3 Å². The normalized spacial score (nSPS) is 12.9. The molecule has 0 aliphatic carbocycles. The first-order chi connectivity index (χ1) is 7.81. The largest absolute Gasteiger partial charge is 0.347 e. The van der Waals surface area contributed by atoms with Crippen LogP contribution >= 0.6 is 0 Å². The number of imidazole rings is 1. The summed E-state index contributed by atoms with van der Waals surface area (Å²) in [5, 5.41) is 10.4. The summed E-state index contributed by atoms with van der Waals surface area (Å²) in [6, 6.07) is 0.268. The number of aryl methyl sites for hydroxylation is 1. The summed E-state index contributed by atoms with van der Waals surface area (Å²) in [5.41, 5.74) is 2.31. The molecule has 0 aliphatic heterocycles. The molecule has 86 valence electrons. The Morgan fingerprint density at radius 2 is 2.38 bits per heavy atom. The van der Waals surface area contributed by atoms with Gasteiger partial charge in [-0.05, 0) is 13.3 Å². The molecule has 0 aliphatic rings. The summed E-state index contributed by atoms with van der Waals surface area (Å²) < 4.78 is 0. The van der Waals surface area contributed by atoms with Crippen LogP contribution < -0.4 is 5.32 Å². The van der Waals surface area contributed by atoms with Crippen LogP contribution in [-0.2, 0) is 6.54 Å². The summed E-state index contributed by atoms with van der Waals surface area (Å²) in [7, 11) is 0. The van der Waals surface area contributed by atoms with Crippen LogP contribution in [0.1, 0.15) is 36.5 Å². The highest BCUT2D eigenvalue weighted by Crippen LogP contribution is 2.13. The standard InChI is InChI=1S/C11H17N5/c1-3-10(11-12-4-5-13-11)14-6-9-7-15-16-8(9)2/h4-5,7,10,14H,3,6H2,1-2H3,(H,12,13)(H,15,16). The quantitative estimate of drug-likeness (QED) is 0.716. The van der Waals surface area contributed by atoms with Gasteiger partial charge in [-0.3, -0.25) is 5.10 Å². The lowest BCUT2D eigenvalue weighted by Gasteiger charge is -2.14. The second kappa shape index (κ2) is 4.94. The molecule has 0 amide bonds. The predicted octanol–water partition coefficient (Wildman–Crippen LogP) is 1.68. The van der Waals surface area contributed by atoms with Crippen LogP contribution in [0.25, 0.3) is 0 Å². The molecular weight excluding hydrogens is 202 g/mol. The van der Waals surface area contributed by atoms with Crippen molar-refractivity contribution < 1.29 is 0 Å². The second-order valence-electron chi connectivity index (χ2n) is 3.84. The molecule has 0 spiro atoms. The van der Waals surface area contributed by atoms with E-state index in [-0.39, 0.29) is 6.04 Å². The molecule has 0 radical (unpaired) electrons. The van der Waals surface area contributed by atoms with E-state index in [1.807, 2.05) is 19.3 Å². The highest BCUT2D eigenvalue weighted by Gasteiger charge is 2.11. The van der Waals surface area contributed by atoms with E-state index in [1.165, 1.54) is 5.56 Å². The van der Waals surface area contributed by atoms with Gasteiger partial charge in [-0.2, -0.15) is 5.10 Å². The maximum Gasteiger partial charge on any atom is 0.123 e. The Morgan fingerprint density at radius 3 is 2.94 bits per heavy atom. The number of H-pyrrole nitrogens is 2. The number of rotatable bonds is 5. The molecule has 2 rings (SSSR count). The van der Waals surface area contributed by atoms with E-state index in [0.717, 1.165) is 24.5 Å². The third kappa shape index (κ3) is 2.30. The molecule has 3 N–H and O–H groups in total. The molecule has 1 unspecified atom stereocenters. The maximum atomic E-state index is 4.27. The lowest BCUT2D eigenvalue weighted by Crippen LogP contribution is -2.21. The summed E-state index contributed by atoms with van der Waals surface area (Å²) in [5.74, 6) is 0.989. The highest BCUT2D eigenvalue weighted by molar-refractivity contribution is 5.14. The molecule has 0 saturated carbocycles. The van der Waals surface area contributed by atoms with E-state index in [2.05, 4.69) is 32.4 Å². The first-order valence-electron chi connectivity index (χ1n) is 5.52. The Morgan fingerprint density at radius 1 is 1.50 bits per heavy atom. The molecule has 1 atom stereocenters. The van der Waals surface area contributed by atoms with Gasteiger partial charge in [0.1, 0.15) is 5.82 Å². The van der Waals surface area contributed by atoms with E-state index in [9.17, 15) is 0 Å². The Bertz CT molecular complexity index is 417. The van der Waals surface area contributed by atoms with Gasteiger partial charge in [0.15, 0.2) is 0 Å². The van der Waals surface area contributed by atoms with E-state index in [0.29, 0.717) is 0 Å².